The van der Waals surface area contributed by atoms with Gasteiger partial charge in [-0.05, 0) is 31.5 Å². The first kappa shape index (κ1) is 16.4. The Morgan fingerprint density at radius 2 is 2.22 bits per heavy atom. The Balaban J connectivity index is 1.61. The molecule has 1 fully saturated rings. The van der Waals surface area contributed by atoms with Crippen LogP contribution in [0.4, 0.5) is 0 Å². The highest BCUT2D eigenvalue weighted by molar-refractivity contribution is 6.42. The van der Waals surface area contributed by atoms with Gasteiger partial charge in [-0.25, -0.2) is 9.48 Å². The summed E-state index contributed by atoms with van der Waals surface area (Å²) in [5.74, 6) is 1.39. The van der Waals surface area contributed by atoms with Crippen molar-refractivity contribution in [2.24, 2.45) is 7.05 Å². The Morgan fingerprint density at radius 3 is 2.91 bits per heavy atom. The van der Waals surface area contributed by atoms with Gasteiger partial charge in [0.1, 0.15) is 17.7 Å². The first-order valence-electron chi connectivity index (χ1n) is 7.47. The molecule has 2 heterocycles. The van der Waals surface area contributed by atoms with Gasteiger partial charge < -0.3 is 4.74 Å². The van der Waals surface area contributed by atoms with Crippen LogP contribution in [0.3, 0.4) is 0 Å². The molecule has 23 heavy (non-hydrogen) atoms. The number of aromatic nitrogens is 3. The number of halogens is 2. The Labute approximate surface area is 144 Å². The van der Waals surface area contributed by atoms with Crippen molar-refractivity contribution >= 4 is 23.2 Å². The molecule has 1 unspecified atom stereocenters. The lowest BCUT2D eigenvalue weighted by atomic mass is 10.1. The molecule has 1 atom stereocenters. The van der Waals surface area contributed by atoms with E-state index in [4.69, 9.17) is 27.9 Å². The monoisotopic (exact) mass is 356 g/mol. The maximum Gasteiger partial charge on any atom is 0.343 e. The number of piperidine rings is 1. The lowest BCUT2D eigenvalue weighted by Crippen LogP contribution is -2.40. The topological polar surface area (TPSA) is 63.1 Å². The van der Waals surface area contributed by atoms with E-state index in [2.05, 4.69) is 15.0 Å². The van der Waals surface area contributed by atoms with E-state index in [1.165, 1.54) is 4.68 Å². The molecular formula is C15H18Cl2N4O2. The fraction of sp³-hybridized carbons (Fsp3) is 0.467. The average molecular weight is 357 g/mol. The number of nitrogens with zero attached hydrogens (tertiary/aromatic N) is 3. The Hall–Kier alpha value is -1.50. The van der Waals surface area contributed by atoms with E-state index >= 15 is 0 Å². The zero-order valence-electron chi connectivity index (χ0n) is 12.8. The van der Waals surface area contributed by atoms with Gasteiger partial charge in [0.05, 0.1) is 16.6 Å². The zero-order valence-corrected chi connectivity index (χ0v) is 14.3. The molecule has 1 aliphatic rings. The lowest BCUT2D eigenvalue weighted by Gasteiger charge is -2.32. The van der Waals surface area contributed by atoms with E-state index in [0.29, 0.717) is 22.4 Å². The number of hydrogen-bond acceptors (Lipinski definition) is 4. The number of nitrogens with one attached hydrogen (secondary N) is 1. The fourth-order valence-corrected chi connectivity index (χ4v) is 3.02. The summed E-state index contributed by atoms with van der Waals surface area (Å²) in [5, 5.41) is 5.17. The van der Waals surface area contributed by atoms with Gasteiger partial charge in [-0.3, -0.25) is 9.88 Å². The highest BCUT2D eigenvalue weighted by Gasteiger charge is 2.22. The Kier molecular flexibility index (Phi) is 4.94. The van der Waals surface area contributed by atoms with Crippen molar-refractivity contribution in [3.05, 3.63) is 44.6 Å². The van der Waals surface area contributed by atoms with Crippen LogP contribution in [-0.2, 0) is 13.6 Å². The Morgan fingerprint density at radius 1 is 1.39 bits per heavy atom. The van der Waals surface area contributed by atoms with Gasteiger partial charge in [-0.2, -0.15) is 5.10 Å². The number of likely N-dealkylation sites (tertiary alicyclic amines) is 1. The minimum atomic E-state index is -0.194. The maximum atomic E-state index is 11.4. The lowest BCUT2D eigenvalue weighted by molar-refractivity contribution is 0.0828. The highest BCUT2D eigenvalue weighted by atomic mass is 35.5. The number of ether oxygens (including phenoxy) is 1. The number of aromatic amines is 1. The standard InChI is InChI=1S/C15H18Cl2N4O2/c1-20-15(22)18-14(19-20)9-21-6-2-3-11(8-21)23-10-4-5-12(16)13(17)7-10/h4-5,7,11H,2-3,6,8-9H2,1H3,(H,18,19,22). The molecule has 1 aromatic heterocycles. The molecule has 1 aromatic carbocycles. The second-order valence-electron chi connectivity index (χ2n) is 5.69. The van der Waals surface area contributed by atoms with Crippen LogP contribution in [0.2, 0.25) is 10.0 Å². The largest absolute Gasteiger partial charge is 0.489 e. The van der Waals surface area contributed by atoms with Crippen LogP contribution < -0.4 is 10.4 Å². The first-order valence-corrected chi connectivity index (χ1v) is 8.23. The predicted octanol–water partition coefficient (Wildman–Crippen LogP) is 2.46. The molecule has 0 spiro atoms. The summed E-state index contributed by atoms with van der Waals surface area (Å²) in [6.07, 6.45) is 2.09. The second kappa shape index (κ2) is 6.95. The Bertz CT molecular complexity index is 743. The summed E-state index contributed by atoms with van der Waals surface area (Å²) in [6.45, 7) is 2.34. The van der Waals surface area contributed by atoms with Gasteiger partial charge in [-0.1, -0.05) is 23.2 Å². The predicted molar refractivity (Wildman–Crippen MR) is 89.2 cm³/mol. The van der Waals surface area contributed by atoms with Crippen LogP contribution in [0, 0.1) is 0 Å². The molecule has 0 amide bonds. The van der Waals surface area contributed by atoms with Crippen molar-refractivity contribution in [3.63, 3.8) is 0 Å². The van der Waals surface area contributed by atoms with Gasteiger partial charge in [0.15, 0.2) is 0 Å². The number of aryl methyl sites for hydroxylation is 1. The van der Waals surface area contributed by atoms with Crippen LogP contribution in [0.15, 0.2) is 23.0 Å². The first-order chi connectivity index (χ1) is 11.0. The molecule has 0 saturated carbocycles. The molecule has 124 valence electrons. The summed E-state index contributed by atoms with van der Waals surface area (Å²) >= 11 is 11.9. The van der Waals surface area contributed by atoms with Crippen molar-refractivity contribution in [3.8, 4) is 5.75 Å². The maximum absolute atomic E-state index is 11.4. The smallest absolute Gasteiger partial charge is 0.343 e. The molecule has 0 radical (unpaired) electrons. The quantitative estimate of drug-likeness (QED) is 0.913. The number of rotatable bonds is 4. The minimum Gasteiger partial charge on any atom is -0.489 e. The van der Waals surface area contributed by atoms with Crippen molar-refractivity contribution < 1.29 is 4.74 Å². The highest BCUT2D eigenvalue weighted by Crippen LogP contribution is 2.28. The van der Waals surface area contributed by atoms with Crippen molar-refractivity contribution in [1.82, 2.24) is 19.7 Å². The molecule has 2 aromatic rings. The van der Waals surface area contributed by atoms with E-state index in [-0.39, 0.29) is 11.8 Å². The summed E-state index contributed by atoms with van der Waals surface area (Å²) in [7, 11) is 1.63. The SMILES string of the molecule is Cn1nc(CN2CCCC(Oc3ccc(Cl)c(Cl)c3)C2)[nH]c1=O. The van der Waals surface area contributed by atoms with Crippen molar-refractivity contribution in [1.29, 1.82) is 0 Å². The third-order valence-electron chi connectivity index (χ3n) is 3.85. The number of hydrogen-bond donors (Lipinski definition) is 1. The molecule has 6 nitrogen and oxygen atoms in total. The third kappa shape index (κ3) is 4.07. The zero-order chi connectivity index (χ0) is 16.4. The molecule has 8 heteroatoms. The molecule has 1 aliphatic heterocycles. The van der Waals surface area contributed by atoms with Crippen LogP contribution in [0.5, 0.6) is 5.75 Å². The average Bonchev–Trinajstić information content (AvgIpc) is 2.81. The van der Waals surface area contributed by atoms with Gasteiger partial charge in [0.25, 0.3) is 0 Å². The van der Waals surface area contributed by atoms with Crippen LogP contribution in [0.1, 0.15) is 18.7 Å². The van der Waals surface area contributed by atoms with Crippen molar-refractivity contribution in [2.75, 3.05) is 13.1 Å². The number of benzene rings is 1. The van der Waals surface area contributed by atoms with Gasteiger partial charge in [0, 0.05) is 19.7 Å². The number of H-pyrrole nitrogens is 1. The van der Waals surface area contributed by atoms with E-state index in [0.717, 1.165) is 31.7 Å². The van der Waals surface area contributed by atoms with Crippen LogP contribution >= 0.6 is 23.2 Å². The van der Waals surface area contributed by atoms with E-state index < -0.39 is 0 Å². The second-order valence-corrected chi connectivity index (χ2v) is 6.51. The molecule has 1 saturated heterocycles. The third-order valence-corrected chi connectivity index (χ3v) is 4.58. The molecule has 1 N–H and O–H groups in total. The molecule has 0 aliphatic carbocycles. The van der Waals surface area contributed by atoms with Crippen molar-refractivity contribution in [2.45, 2.75) is 25.5 Å². The normalized spacial score (nSPS) is 19.0. The van der Waals surface area contributed by atoms with Gasteiger partial charge >= 0.3 is 5.69 Å². The summed E-state index contributed by atoms with van der Waals surface area (Å²) in [5.41, 5.74) is -0.194. The molecule has 3 rings (SSSR count). The fourth-order valence-electron chi connectivity index (χ4n) is 2.73. The van der Waals surface area contributed by atoms with E-state index in [1.54, 1.807) is 19.2 Å². The van der Waals surface area contributed by atoms with E-state index in [9.17, 15) is 4.79 Å². The van der Waals surface area contributed by atoms with Crippen LogP contribution in [0.25, 0.3) is 0 Å². The molecular weight excluding hydrogens is 339 g/mol. The van der Waals surface area contributed by atoms with Crippen LogP contribution in [-0.4, -0.2) is 38.9 Å². The minimum absolute atomic E-state index is 0.0800. The summed E-state index contributed by atoms with van der Waals surface area (Å²) in [6, 6.07) is 5.29. The summed E-state index contributed by atoms with van der Waals surface area (Å²) in [4.78, 5) is 16.4. The summed E-state index contributed by atoms with van der Waals surface area (Å²) < 4.78 is 7.31. The molecule has 0 bridgehead atoms. The van der Waals surface area contributed by atoms with Gasteiger partial charge in [-0.15, -0.1) is 0 Å². The van der Waals surface area contributed by atoms with Gasteiger partial charge in [0.2, 0.25) is 0 Å². The van der Waals surface area contributed by atoms with E-state index in [1.807, 2.05) is 6.07 Å².